The molecule has 0 spiro atoms. The van der Waals surface area contributed by atoms with Crippen molar-refractivity contribution in [3.63, 3.8) is 0 Å². The molecule has 1 aliphatic rings. The van der Waals surface area contributed by atoms with E-state index in [0.29, 0.717) is 0 Å². The van der Waals surface area contributed by atoms with Gasteiger partial charge in [-0.05, 0) is 54.8 Å². The number of rotatable bonds is 6. The molecule has 7 heteroatoms. The maximum atomic E-state index is 13.1. The summed E-state index contributed by atoms with van der Waals surface area (Å²) in [6.45, 7) is 3.13. The quantitative estimate of drug-likeness (QED) is 0.634. The summed E-state index contributed by atoms with van der Waals surface area (Å²) in [4.78, 5) is 11.8. The third kappa shape index (κ3) is 5.05. The highest BCUT2D eigenvalue weighted by Gasteiger charge is 2.15. The van der Waals surface area contributed by atoms with E-state index in [2.05, 4.69) is 22.5 Å². The average Bonchev–Trinajstić information content (AvgIpc) is 2.76. The molecule has 3 aromatic rings. The fourth-order valence-electron chi connectivity index (χ4n) is 3.19. The molecule has 2 aromatic carbocycles. The summed E-state index contributed by atoms with van der Waals surface area (Å²) in [5.74, 6) is 2.28. The number of nitrogens with one attached hydrogen (secondary N) is 1. The Labute approximate surface area is 174 Å². The van der Waals surface area contributed by atoms with E-state index in [4.69, 9.17) is 14.7 Å². The zero-order valence-electron chi connectivity index (χ0n) is 16.3. The van der Waals surface area contributed by atoms with Crippen LogP contribution in [0.5, 0.6) is 0 Å². The first kappa shape index (κ1) is 19.7. The lowest BCUT2D eigenvalue weighted by molar-refractivity contribution is 0.122. The largest absolute Gasteiger partial charge is 0.378 e. The molecule has 0 atom stereocenters. The molecule has 4 rings (SSSR count). The predicted octanol–water partition coefficient (Wildman–Crippen LogP) is 4.73. The van der Waals surface area contributed by atoms with Crippen molar-refractivity contribution in [2.24, 2.45) is 0 Å². The number of hydrogen-bond acceptors (Lipinski definition) is 6. The summed E-state index contributed by atoms with van der Waals surface area (Å²) in [7, 11) is 0. The van der Waals surface area contributed by atoms with Crippen LogP contribution in [0.3, 0.4) is 0 Å². The van der Waals surface area contributed by atoms with E-state index in [1.54, 1.807) is 23.9 Å². The van der Waals surface area contributed by atoms with Crippen molar-refractivity contribution in [1.29, 1.82) is 0 Å². The van der Waals surface area contributed by atoms with Crippen molar-refractivity contribution < 1.29 is 9.13 Å². The molecule has 0 amide bonds. The second-order valence-electron chi connectivity index (χ2n) is 6.78. The minimum atomic E-state index is -0.246. The van der Waals surface area contributed by atoms with Crippen molar-refractivity contribution in [2.45, 2.75) is 5.75 Å². The first-order valence-electron chi connectivity index (χ1n) is 9.54. The average molecular weight is 411 g/mol. The topological polar surface area (TPSA) is 50.3 Å². The fraction of sp³-hybridized carbons (Fsp3) is 0.273. The van der Waals surface area contributed by atoms with Crippen molar-refractivity contribution >= 4 is 29.0 Å². The van der Waals surface area contributed by atoms with Gasteiger partial charge in [0.05, 0.1) is 18.9 Å². The minimum Gasteiger partial charge on any atom is -0.378 e. The van der Waals surface area contributed by atoms with Crippen LogP contribution in [0.1, 0.15) is 5.69 Å². The van der Waals surface area contributed by atoms with Crippen molar-refractivity contribution in [3.8, 4) is 11.4 Å². The Morgan fingerprint density at radius 2 is 1.66 bits per heavy atom. The number of aromatic nitrogens is 2. The Balaban J connectivity index is 1.57. The number of morpholine rings is 1. The molecule has 0 unspecified atom stereocenters. The van der Waals surface area contributed by atoms with E-state index >= 15 is 0 Å². The van der Waals surface area contributed by atoms with Crippen LogP contribution < -0.4 is 10.2 Å². The maximum Gasteiger partial charge on any atom is 0.161 e. The van der Waals surface area contributed by atoms with Crippen LogP contribution in [0.4, 0.5) is 21.6 Å². The number of hydrogen-bond donors (Lipinski definition) is 1. The van der Waals surface area contributed by atoms with Gasteiger partial charge in [-0.1, -0.05) is 0 Å². The molecule has 0 saturated carbocycles. The van der Waals surface area contributed by atoms with Crippen LogP contribution in [-0.4, -0.2) is 42.5 Å². The van der Waals surface area contributed by atoms with E-state index in [9.17, 15) is 4.39 Å². The minimum absolute atomic E-state index is 0.246. The van der Waals surface area contributed by atoms with Crippen molar-refractivity contribution in [3.05, 3.63) is 66.1 Å². The van der Waals surface area contributed by atoms with Crippen LogP contribution in [0.2, 0.25) is 0 Å². The molecule has 1 saturated heterocycles. The number of benzene rings is 2. The molecule has 150 valence electrons. The van der Waals surface area contributed by atoms with Gasteiger partial charge in [0.25, 0.3) is 0 Å². The predicted molar refractivity (Wildman–Crippen MR) is 117 cm³/mol. The molecule has 2 heterocycles. The molecule has 0 bridgehead atoms. The van der Waals surface area contributed by atoms with Crippen molar-refractivity contribution in [2.75, 3.05) is 42.8 Å². The molecule has 0 radical (unpaired) electrons. The number of ether oxygens (including phenoxy) is 1. The lowest BCUT2D eigenvalue weighted by atomic mass is 10.2. The van der Waals surface area contributed by atoms with E-state index in [-0.39, 0.29) is 5.82 Å². The second-order valence-corrected chi connectivity index (χ2v) is 7.65. The van der Waals surface area contributed by atoms with Crippen LogP contribution >= 0.6 is 11.8 Å². The highest BCUT2D eigenvalue weighted by molar-refractivity contribution is 7.97. The van der Waals surface area contributed by atoms with Crippen LogP contribution in [0.25, 0.3) is 11.4 Å². The Morgan fingerprint density at radius 3 is 2.31 bits per heavy atom. The standard InChI is InChI=1S/C22H23FN4OS/c1-29-15-20-14-21(27-10-12-28-13-11-27)26-22(25-20)16-2-6-18(7-3-16)24-19-8-4-17(23)5-9-19/h2-9,14,24H,10-13,15H2,1H3. The number of anilines is 3. The Kier molecular flexibility index (Phi) is 6.27. The molecular weight excluding hydrogens is 387 g/mol. The lowest BCUT2D eigenvalue weighted by Crippen LogP contribution is -2.37. The van der Waals surface area contributed by atoms with E-state index in [1.165, 1.54) is 12.1 Å². The smallest absolute Gasteiger partial charge is 0.161 e. The first-order chi connectivity index (χ1) is 14.2. The summed E-state index contributed by atoms with van der Waals surface area (Å²) in [5.41, 5.74) is 3.76. The zero-order valence-corrected chi connectivity index (χ0v) is 17.1. The summed E-state index contributed by atoms with van der Waals surface area (Å²) >= 11 is 1.75. The van der Waals surface area contributed by atoms with Gasteiger partial charge in [-0.25, -0.2) is 14.4 Å². The third-order valence-electron chi connectivity index (χ3n) is 4.67. The molecule has 1 aliphatic heterocycles. The maximum absolute atomic E-state index is 13.1. The van der Waals surface area contributed by atoms with Crippen LogP contribution in [0.15, 0.2) is 54.6 Å². The van der Waals surface area contributed by atoms with Crippen LogP contribution in [0, 0.1) is 5.82 Å². The Bertz CT molecular complexity index is 944. The molecule has 29 heavy (non-hydrogen) atoms. The van der Waals surface area contributed by atoms with E-state index in [0.717, 1.165) is 66.3 Å². The molecule has 5 nitrogen and oxygen atoms in total. The van der Waals surface area contributed by atoms with Crippen molar-refractivity contribution in [1.82, 2.24) is 9.97 Å². The first-order valence-corrected chi connectivity index (χ1v) is 10.9. The molecule has 0 aliphatic carbocycles. The highest BCUT2D eigenvalue weighted by Crippen LogP contribution is 2.25. The monoisotopic (exact) mass is 410 g/mol. The number of halogens is 1. The third-order valence-corrected chi connectivity index (χ3v) is 5.25. The van der Waals surface area contributed by atoms with Gasteiger partial charge in [0.15, 0.2) is 5.82 Å². The van der Waals surface area contributed by atoms with Gasteiger partial charge in [-0.3, -0.25) is 0 Å². The summed E-state index contributed by atoms with van der Waals surface area (Å²) in [5, 5.41) is 3.27. The number of thioether (sulfide) groups is 1. The summed E-state index contributed by atoms with van der Waals surface area (Å²) in [6.07, 6.45) is 2.08. The van der Waals surface area contributed by atoms with Gasteiger partial charge in [-0.2, -0.15) is 11.8 Å². The fourth-order valence-corrected chi connectivity index (χ4v) is 3.63. The zero-order chi connectivity index (χ0) is 20.1. The van der Waals surface area contributed by atoms with Gasteiger partial charge in [0.2, 0.25) is 0 Å². The van der Waals surface area contributed by atoms with E-state index in [1.807, 2.05) is 24.3 Å². The second kappa shape index (κ2) is 9.24. The highest BCUT2D eigenvalue weighted by atomic mass is 32.2. The van der Waals surface area contributed by atoms with Gasteiger partial charge >= 0.3 is 0 Å². The van der Waals surface area contributed by atoms with Gasteiger partial charge in [-0.15, -0.1) is 0 Å². The Morgan fingerprint density at radius 1 is 1.00 bits per heavy atom. The molecule has 1 fully saturated rings. The van der Waals surface area contributed by atoms with E-state index < -0.39 is 0 Å². The van der Waals surface area contributed by atoms with Gasteiger partial charge in [0, 0.05) is 41.8 Å². The van der Waals surface area contributed by atoms with Gasteiger partial charge < -0.3 is 15.0 Å². The summed E-state index contributed by atoms with van der Waals surface area (Å²) in [6, 6.07) is 16.4. The molecular formula is C22H23FN4OS. The van der Waals surface area contributed by atoms with Crippen LogP contribution in [-0.2, 0) is 10.5 Å². The SMILES string of the molecule is CSCc1cc(N2CCOCC2)nc(-c2ccc(Nc3ccc(F)cc3)cc2)n1. The van der Waals surface area contributed by atoms with Gasteiger partial charge in [0.1, 0.15) is 11.6 Å². The lowest BCUT2D eigenvalue weighted by Gasteiger charge is -2.28. The summed E-state index contributed by atoms with van der Waals surface area (Å²) < 4.78 is 18.5. The molecule has 1 aromatic heterocycles. The number of nitrogens with zero attached hydrogens (tertiary/aromatic N) is 3. The Hall–Kier alpha value is -2.64. The normalized spacial score (nSPS) is 14.1. The molecule has 1 N–H and O–H groups in total.